The first-order valence-corrected chi connectivity index (χ1v) is 10.4. The van der Waals surface area contributed by atoms with E-state index in [0.717, 1.165) is 20.8 Å². The summed E-state index contributed by atoms with van der Waals surface area (Å²) in [7, 11) is 0. The van der Waals surface area contributed by atoms with Crippen LogP contribution in [0.1, 0.15) is 15.2 Å². The summed E-state index contributed by atoms with van der Waals surface area (Å²) in [4.78, 5) is 30.4. The summed E-state index contributed by atoms with van der Waals surface area (Å²) < 4.78 is 1.12. The maximum atomic E-state index is 12.6. The topological polar surface area (TPSA) is 76.9 Å². The predicted molar refractivity (Wildman–Crippen MR) is 120 cm³/mol. The van der Waals surface area contributed by atoms with Gasteiger partial charge in [-0.25, -0.2) is 4.98 Å². The number of nitrogens with one attached hydrogen (secondary N) is 1. The molecule has 2 aromatic carbocycles. The Balaban J connectivity index is 1.54. The van der Waals surface area contributed by atoms with Crippen LogP contribution in [0, 0.1) is 6.92 Å². The summed E-state index contributed by atoms with van der Waals surface area (Å²) in [5, 5.41) is 7.29. The normalized spacial score (nSPS) is 10.8. The zero-order chi connectivity index (χ0) is 21.3. The van der Waals surface area contributed by atoms with Crippen molar-refractivity contribution in [1.29, 1.82) is 0 Å². The van der Waals surface area contributed by atoms with E-state index in [0.29, 0.717) is 16.4 Å². The van der Waals surface area contributed by atoms with Crippen LogP contribution in [-0.4, -0.2) is 20.7 Å². The van der Waals surface area contributed by atoms with Gasteiger partial charge in [0, 0.05) is 16.0 Å². The van der Waals surface area contributed by atoms with Gasteiger partial charge in [-0.1, -0.05) is 53.5 Å². The van der Waals surface area contributed by atoms with Crippen molar-refractivity contribution in [1.82, 2.24) is 14.8 Å². The minimum Gasteiger partial charge on any atom is -0.298 e. The van der Waals surface area contributed by atoms with Crippen molar-refractivity contribution in [3.8, 4) is 16.9 Å². The molecule has 0 aliphatic rings. The Hall–Kier alpha value is -3.00. The van der Waals surface area contributed by atoms with E-state index in [4.69, 9.17) is 23.2 Å². The predicted octanol–water partition coefficient (Wildman–Crippen LogP) is 5.22. The van der Waals surface area contributed by atoms with Gasteiger partial charge in [0.05, 0.1) is 22.6 Å². The van der Waals surface area contributed by atoms with Gasteiger partial charge in [0.15, 0.2) is 5.13 Å². The molecule has 0 spiro atoms. The second kappa shape index (κ2) is 8.39. The highest BCUT2D eigenvalue weighted by atomic mass is 35.5. The summed E-state index contributed by atoms with van der Waals surface area (Å²) in [6, 6.07) is 16.2. The van der Waals surface area contributed by atoms with Crippen molar-refractivity contribution >= 4 is 45.6 Å². The van der Waals surface area contributed by atoms with E-state index in [9.17, 15) is 9.59 Å². The number of halogens is 2. The van der Waals surface area contributed by atoms with Crippen molar-refractivity contribution < 1.29 is 4.79 Å². The van der Waals surface area contributed by atoms with E-state index in [2.05, 4.69) is 15.4 Å². The Morgan fingerprint density at radius 3 is 2.47 bits per heavy atom. The Bertz CT molecular complexity index is 1280. The lowest BCUT2D eigenvalue weighted by Gasteiger charge is -2.07. The van der Waals surface area contributed by atoms with Crippen LogP contribution in [0.2, 0.25) is 10.0 Å². The number of nitrogens with zero attached hydrogens (tertiary/aromatic N) is 3. The van der Waals surface area contributed by atoms with Gasteiger partial charge < -0.3 is 0 Å². The smallest absolute Gasteiger partial charge is 0.291 e. The molecule has 6 nitrogen and oxygen atoms in total. The highest BCUT2D eigenvalue weighted by Crippen LogP contribution is 2.30. The van der Waals surface area contributed by atoms with E-state index in [1.54, 1.807) is 24.3 Å². The Morgan fingerprint density at radius 2 is 1.77 bits per heavy atom. The molecule has 30 heavy (non-hydrogen) atoms. The second-order valence-corrected chi connectivity index (χ2v) is 8.30. The van der Waals surface area contributed by atoms with Crippen molar-refractivity contribution in [3.05, 3.63) is 91.6 Å². The second-order valence-electron chi connectivity index (χ2n) is 6.31. The number of anilines is 1. The lowest BCUT2D eigenvalue weighted by molar-refractivity contribution is 0.102. The van der Waals surface area contributed by atoms with Crippen LogP contribution >= 0.6 is 34.5 Å². The van der Waals surface area contributed by atoms with Crippen LogP contribution < -0.4 is 10.9 Å². The lowest BCUT2D eigenvalue weighted by atomic mass is 10.1. The van der Waals surface area contributed by atoms with E-state index in [1.165, 1.54) is 17.5 Å². The van der Waals surface area contributed by atoms with Crippen molar-refractivity contribution in [2.75, 3.05) is 5.32 Å². The maximum absolute atomic E-state index is 12.6. The number of aromatic nitrogens is 3. The Labute approximate surface area is 185 Å². The molecule has 4 aromatic rings. The number of carbonyl (C=O) groups excluding carboxylic acids is 1. The molecule has 0 bridgehead atoms. The van der Waals surface area contributed by atoms with Crippen LogP contribution in [0.25, 0.3) is 16.9 Å². The summed E-state index contributed by atoms with van der Waals surface area (Å²) in [6.07, 6.45) is 1.29. The van der Waals surface area contributed by atoms with E-state index in [1.807, 2.05) is 37.3 Å². The van der Waals surface area contributed by atoms with Crippen molar-refractivity contribution in [2.24, 2.45) is 0 Å². The third-order valence-electron chi connectivity index (χ3n) is 4.31. The van der Waals surface area contributed by atoms with Crippen LogP contribution in [-0.2, 0) is 0 Å². The highest BCUT2D eigenvalue weighted by Gasteiger charge is 2.14. The molecule has 0 saturated heterocycles. The fourth-order valence-electron chi connectivity index (χ4n) is 2.83. The molecule has 150 valence electrons. The zero-order valence-electron chi connectivity index (χ0n) is 15.6. The fourth-order valence-corrected chi connectivity index (χ4v) is 3.92. The van der Waals surface area contributed by atoms with Gasteiger partial charge in [-0.05, 0) is 31.2 Å². The summed E-state index contributed by atoms with van der Waals surface area (Å²) in [6.45, 7) is 1.96. The molecule has 0 aliphatic carbocycles. The zero-order valence-corrected chi connectivity index (χ0v) is 17.9. The number of carbonyl (C=O) groups is 1. The van der Waals surface area contributed by atoms with Gasteiger partial charge in [0.1, 0.15) is 5.02 Å². The summed E-state index contributed by atoms with van der Waals surface area (Å²) in [5.41, 5.74) is 2.19. The molecule has 0 fully saturated rings. The average Bonchev–Trinajstić information content (AvgIpc) is 3.13. The van der Waals surface area contributed by atoms with Gasteiger partial charge >= 0.3 is 0 Å². The molecular weight excluding hydrogens is 443 g/mol. The van der Waals surface area contributed by atoms with Gasteiger partial charge in [-0.3, -0.25) is 14.9 Å². The number of rotatable bonds is 4. The molecule has 4 rings (SSSR count). The first-order valence-electron chi connectivity index (χ1n) is 8.82. The maximum Gasteiger partial charge on any atom is 0.291 e. The number of thiazole rings is 1. The van der Waals surface area contributed by atoms with Gasteiger partial charge in [-0.2, -0.15) is 9.78 Å². The van der Waals surface area contributed by atoms with Crippen LogP contribution in [0.5, 0.6) is 0 Å². The third kappa shape index (κ3) is 4.00. The molecule has 0 atom stereocenters. The Morgan fingerprint density at radius 1 is 1.07 bits per heavy atom. The highest BCUT2D eigenvalue weighted by molar-refractivity contribution is 7.16. The summed E-state index contributed by atoms with van der Waals surface area (Å²) in [5.74, 6) is -0.302. The van der Waals surface area contributed by atoms with Gasteiger partial charge in [-0.15, -0.1) is 11.3 Å². The molecule has 1 amide bonds. The molecule has 0 aliphatic heterocycles. The van der Waals surface area contributed by atoms with Gasteiger partial charge in [0.25, 0.3) is 11.5 Å². The molecular formula is C21H14Cl2N4O2S. The number of aryl methyl sites for hydroxylation is 1. The molecule has 2 heterocycles. The standard InChI is InChI=1S/C21H14Cl2N4O2S/c1-12-18(13-5-3-2-4-6-13)25-21(30-12)26-19(28)14-7-9-15(10-8-14)27-20(29)17(23)16(22)11-24-27/h2-11H,1H3,(H,25,26,28). The monoisotopic (exact) mass is 456 g/mol. The molecule has 0 radical (unpaired) electrons. The molecule has 0 saturated carbocycles. The number of hydrogen-bond acceptors (Lipinski definition) is 5. The molecule has 9 heteroatoms. The number of hydrogen-bond donors (Lipinski definition) is 1. The SMILES string of the molecule is Cc1sc(NC(=O)c2ccc(-n3ncc(Cl)c(Cl)c3=O)cc2)nc1-c1ccccc1. The van der Waals surface area contributed by atoms with Crippen molar-refractivity contribution in [3.63, 3.8) is 0 Å². The van der Waals surface area contributed by atoms with Crippen LogP contribution in [0.15, 0.2) is 65.6 Å². The van der Waals surface area contributed by atoms with E-state index >= 15 is 0 Å². The largest absolute Gasteiger partial charge is 0.298 e. The molecule has 2 aromatic heterocycles. The van der Waals surface area contributed by atoms with Crippen LogP contribution in [0.3, 0.4) is 0 Å². The lowest BCUT2D eigenvalue weighted by Crippen LogP contribution is -2.21. The summed E-state index contributed by atoms with van der Waals surface area (Å²) >= 11 is 13.1. The first kappa shape index (κ1) is 20.3. The molecule has 0 unspecified atom stereocenters. The molecule has 1 N–H and O–H groups in total. The third-order valence-corrected chi connectivity index (χ3v) is 5.95. The Kier molecular flexibility index (Phi) is 5.67. The minimum absolute atomic E-state index is 0.0857. The van der Waals surface area contributed by atoms with E-state index in [-0.39, 0.29) is 16.0 Å². The fraction of sp³-hybridized carbons (Fsp3) is 0.0476. The minimum atomic E-state index is -0.534. The van der Waals surface area contributed by atoms with E-state index < -0.39 is 5.56 Å². The van der Waals surface area contributed by atoms with Gasteiger partial charge in [0.2, 0.25) is 0 Å². The van der Waals surface area contributed by atoms with Crippen molar-refractivity contribution in [2.45, 2.75) is 6.92 Å². The van der Waals surface area contributed by atoms with Crippen LogP contribution in [0.4, 0.5) is 5.13 Å². The average molecular weight is 457 g/mol. The number of benzene rings is 2. The quantitative estimate of drug-likeness (QED) is 0.456. The number of amides is 1. The first-order chi connectivity index (χ1) is 14.4.